The lowest BCUT2D eigenvalue weighted by atomic mass is 10.2. The van der Waals surface area contributed by atoms with Crippen molar-refractivity contribution in [3.05, 3.63) is 102 Å². The highest BCUT2D eigenvalue weighted by atomic mass is 35.5. The van der Waals surface area contributed by atoms with Gasteiger partial charge in [-0.3, -0.25) is 4.79 Å². The zero-order valence-electron chi connectivity index (χ0n) is 20.1. The summed E-state index contributed by atoms with van der Waals surface area (Å²) < 4.78 is 41.9. The molecule has 0 unspecified atom stereocenters. The van der Waals surface area contributed by atoms with Crippen LogP contribution in [-0.4, -0.2) is 35.9 Å². The molecule has 0 aliphatic heterocycles. The van der Waals surface area contributed by atoms with E-state index < -0.39 is 22.1 Å². The lowest BCUT2D eigenvalue weighted by molar-refractivity contribution is -0.147. The quantitative estimate of drug-likeness (QED) is 0.220. The van der Waals surface area contributed by atoms with Crippen LogP contribution in [0.3, 0.4) is 0 Å². The van der Waals surface area contributed by atoms with E-state index in [1.807, 2.05) is 48.5 Å². The van der Waals surface area contributed by atoms with Crippen LogP contribution >= 0.6 is 11.6 Å². The molecule has 5 rings (SSSR count). The molecule has 7 nitrogen and oxygen atoms in total. The van der Waals surface area contributed by atoms with Gasteiger partial charge in [0.05, 0.1) is 30.8 Å². The van der Waals surface area contributed by atoms with Gasteiger partial charge in [-0.05, 0) is 48.5 Å². The number of benzene rings is 3. The van der Waals surface area contributed by atoms with Crippen molar-refractivity contribution in [3.63, 3.8) is 0 Å². The first-order valence-electron chi connectivity index (χ1n) is 11.7. The molecule has 190 valence electrons. The van der Waals surface area contributed by atoms with Gasteiger partial charge in [0, 0.05) is 33.8 Å². The Labute approximate surface area is 219 Å². The zero-order valence-corrected chi connectivity index (χ0v) is 21.7. The highest BCUT2D eigenvalue weighted by Gasteiger charge is 2.30. The summed E-state index contributed by atoms with van der Waals surface area (Å²) in [4.78, 5) is 12.2. The molecule has 0 bridgehead atoms. The van der Waals surface area contributed by atoms with Crippen LogP contribution in [0.15, 0.2) is 101 Å². The number of rotatable bonds is 9. The predicted molar refractivity (Wildman–Crippen MR) is 143 cm³/mol. The molecule has 1 atom stereocenters. The van der Waals surface area contributed by atoms with Crippen LogP contribution in [0, 0.1) is 0 Å². The van der Waals surface area contributed by atoms with E-state index in [1.165, 1.54) is 41.8 Å². The van der Waals surface area contributed by atoms with Crippen LogP contribution in [0.4, 0.5) is 0 Å². The maximum Gasteiger partial charge on any atom is 0.303 e. The summed E-state index contributed by atoms with van der Waals surface area (Å²) >= 11 is 5.99. The topological polar surface area (TPSA) is 81.8 Å². The number of sulfonamides is 1. The van der Waals surface area contributed by atoms with Crippen LogP contribution in [-0.2, 0) is 32.6 Å². The third kappa shape index (κ3) is 5.27. The van der Waals surface area contributed by atoms with Crippen molar-refractivity contribution in [1.82, 2.24) is 8.87 Å². The molecule has 37 heavy (non-hydrogen) atoms. The average molecular weight is 537 g/mol. The number of aromatic nitrogens is 1. The van der Waals surface area contributed by atoms with Gasteiger partial charge in [-0.2, -0.15) is 4.31 Å². The number of halogens is 1. The molecule has 0 aliphatic carbocycles. The Morgan fingerprint density at radius 1 is 0.946 bits per heavy atom. The van der Waals surface area contributed by atoms with Crippen molar-refractivity contribution in [2.24, 2.45) is 0 Å². The highest BCUT2D eigenvalue weighted by Crippen LogP contribution is 2.30. The lowest BCUT2D eigenvalue weighted by Gasteiger charge is -2.27. The first-order chi connectivity index (χ1) is 17.8. The standard InChI is InChI=1S/C28H25ClN2O5S/c1-20(32)36-23(19-31-27-10-4-2-8-25(27)26-9-3-5-11-28(26)31)18-30(17-22-7-6-16-35-22)37(33,34)24-14-12-21(29)13-15-24/h2-16,23H,17-19H2,1H3/t23-/m1/s1. The minimum Gasteiger partial charge on any atom is -0.468 e. The Hall–Kier alpha value is -3.59. The van der Waals surface area contributed by atoms with E-state index in [-0.39, 0.29) is 24.5 Å². The smallest absolute Gasteiger partial charge is 0.303 e. The second-order valence-electron chi connectivity index (χ2n) is 8.71. The zero-order chi connectivity index (χ0) is 26.0. The Morgan fingerprint density at radius 2 is 1.57 bits per heavy atom. The molecule has 3 aromatic carbocycles. The summed E-state index contributed by atoms with van der Waals surface area (Å²) in [6.07, 6.45) is 0.720. The maximum absolute atomic E-state index is 13.7. The van der Waals surface area contributed by atoms with Gasteiger partial charge in [-0.25, -0.2) is 8.42 Å². The van der Waals surface area contributed by atoms with E-state index in [0.717, 1.165) is 21.8 Å². The van der Waals surface area contributed by atoms with Crippen molar-refractivity contribution in [1.29, 1.82) is 0 Å². The average Bonchev–Trinajstić information content (AvgIpc) is 3.50. The van der Waals surface area contributed by atoms with Crippen molar-refractivity contribution in [2.75, 3.05) is 6.54 Å². The van der Waals surface area contributed by atoms with Gasteiger partial charge in [0.2, 0.25) is 10.0 Å². The first-order valence-corrected chi connectivity index (χ1v) is 13.6. The largest absolute Gasteiger partial charge is 0.468 e. The SMILES string of the molecule is CC(=O)O[C@H](CN(Cc1ccco1)S(=O)(=O)c1ccc(Cl)cc1)Cn1c2ccccc2c2ccccc21. The van der Waals surface area contributed by atoms with Crippen LogP contribution < -0.4 is 0 Å². The summed E-state index contributed by atoms with van der Waals surface area (Å²) in [5.74, 6) is -0.0245. The monoisotopic (exact) mass is 536 g/mol. The molecule has 2 aromatic heterocycles. The minimum atomic E-state index is -3.97. The summed E-state index contributed by atoms with van der Waals surface area (Å²) in [5, 5.41) is 2.57. The minimum absolute atomic E-state index is 0.0249. The van der Waals surface area contributed by atoms with E-state index in [4.69, 9.17) is 20.8 Å². The van der Waals surface area contributed by atoms with Crippen LogP contribution in [0.1, 0.15) is 12.7 Å². The fourth-order valence-electron chi connectivity index (χ4n) is 4.58. The number of carbonyl (C=O) groups excluding carboxylic acids is 1. The number of fused-ring (bicyclic) bond motifs is 3. The van der Waals surface area contributed by atoms with Crippen molar-refractivity contribution >= 4 is 49.4 Å². The second kappa shape index (κ2) is 10.4. The fraction of sp³-hybridized carbons (Fsp3) is 0.179. The molecule has 0 N–H and O–H groups in total. The number of para-hydroxylation sites is 2. The third-order valence-corrected chi connectivity index (χ3v) is 8.25. The number of furan rings is 1. The fourth-order valence-corrected chi connectivity index (χ4v) is 6.14. The van der Waals surface area contributed by atoms with E-state index in [2.05, 4.69) is 4.57 Å². The third-order valence-electron chi connectivity index (χ3n) is 6.17. The van der Waals surface area contributed by atoms with Crippen molar-refractivity contribution in [2.45, 2.75) is 31.0 Å². The molecule has 0 fully saturated rings. The van der Waals surface area contributed by atoms with E-state index in [9.17, 15) is 13.2 Å². The Balaban J connectivity index is 1.54. The van der Waals surface area contributed by atoms with Gasteiger partial charge in [0.1, 0.15) is 11.9 Å². The normalized spacial score (nSPS) is 12.8. The van der Waals surface area contributed by atoms with Crippen LogP contribution in [0.5, 0.6) is 0 Å². The summed E-state index contributed by atoms with van der Waals surface area (Å²) in [5.41, 5.74) is 1.94. The number of hydrogen-bond donors (Lipinski definition) is 0. The van der Waals surface area contributed by atoms with Crippen molar-refractivity contribution in [3.8, 4) is 0 Å². The molecule has 0 saturated heterocycles. The maximum atomic E-state index is 13.7. The number of nitrogens with zero attached hydrogens (tertiary/aromatic N) is 2. The Morgan fingerprint density at radius 3 is 2.14 bits per heavy atom. The number of carbonyl (C=O) groups is 1. The molecule has 5 aromatic rings. The molecular weight excluding hydrogens is 512 g/mol. The van der Waals surface area contributed by atoms with Gasteiger partial charge in [0.15, 0.2) is 0 Å². The Bertz CT molecular complexity index is 1590. The van der Waals surface area contributed by atoms with Crippen molar-refractivity contribution < 1.29 is 22.4 Å². The van der Waals surface area contributed by atoms with Crippen LogP contribution in [0.25, 0.3) is 21.8 Å². The summed E-state index contributed by atoms with van der Waals surface area (Å²) in [7, 11) is -3.97. The Kier molecular flexibility index (Phi) is 7.06. The van der Waals surface area contributed by atoms with E-state index >= 15 is 0 Å². The molecule has 0 spiro atoms. The molecule has 0 amide bonds. The van der Waals surface area contributed by atoms with Gasteiger partial charge in [0.25, 0.3) is 0 Å². The number of hydrogen-bond acceptors (Lipinski definition) is 5. The van der Waals surface area contributed by atoms with Gasteiger partial charge >= 0.3 is 5.97 Å². The van der Waals surface area contributed by atoms with E-state index in [1.54, 1.807) is 12.1 Å². The second-order valence-corrected chi connectivity index (χ2v) is 11.1. The molecule has 9 heteroatoms. The molecule has 0 aliphatic rings. The number of ether oxygens (including phenoxy) is 1. The lowest BCUT2D eigenvalue weighted by Crippen LogP contribution is -2.40. The predicted octanol–water partition coefficient (Wildman–Crippen LogP) is 5.86. The molecular formula is C28H25ClN2O5S. The first kappa shape index (κ1) is 25.1. The van der Waals surface area contributed by atoms with E-state index in [0.29, 0.717) is 10.8 Å². The highest BCUT2D eigenvalue weighted by molar-refractivity contribution is 7.89. The van der Waals surface area contributed by atoms with Gasteiger partial charge < -0.3 is 13.7 Å². The summed E-state index contributed by atoms with van der Waals surface area (Å²) in [6.45, 7) is 1.48. The number of esters is 1. The molecule has 0 saturated carbocycles. The molecule has 0 radical (unpaired) electrons. The molecule has 2 heterocycles. The van der Waals surface area contributed by atoms with Gasteiger partial charge in [-0.1, -0.05) is 48.0 Å². The van der Waals surface area contributed by atoms with Gasteiger partial charge in [-0.15, -0.1) is 0 Å². The summed E-state index contributed by atoms with van der Waals surface area (Å²) in [6, 6.07) is 25.3. The van der Waals surface area contributed by atoms with Crippen LogP contribution in [0.2, 0.25) is 5.02 Å².